The number of esters is 1. The minimum absolute atomic E-state index is 0.0169. The van der Waals surface area contributed by atoms with E-state index in [1.54, 1.807) is 14.0 Å². The predicted octanol–water partition coefficient (Wildman–Crippen LogP) is 1.96. The second kappa shape index (κ2) is 16.3. The number of hydrogen-bond donors (Lipinski definition) is 8. The minimum Gasteiger partial charge on any atom is -0.457 e. The number of rotatable bonds is 9. The fraction of sp³-hybridized carbons (Fsp3) is 0.933. The van der Waals surface area contributed by atoms with Crippen molar-refractivity contribution in [2.75, 3.05) is 26.9 Å². The second-order valence-corrected chi connectivity index (χ2v) is 21.6. The number of ether oxygens (including phenoxy) is 6. The van der Waals surface area contributed by atoms with E-state index in [1.807, 2.05) is 6.92 Å². The van der Waals surface area contributed by atoms with Gasteiger partial charge in [0.25, 0.3) is 0 Å². The van der Waals surface area contributed by atoms with Crippen LogP contribution in [0.2, 0.25) is 0 Å². The zero-order valence-electron chi connectivity index (χ0n) is 37.0. The Morgan fingerprint density at radius 2 is 1.47 bits per heavy atom. The van der Waals surface area contributed by atoms with E-state index in [0.717, 1.165) is 39.0 Å². The molecule has 60 heavy (non-hydrogen) atoms. The van der Waals surface area contributed by atoms with Crippen LogP contribution >= 0.6 is 0 Å². The van der Waals surface area contributed by atoms with Gasteiger partial charge in [0.15, 0.2) is 18.7 Å². The summed E-state index contributed by atoms with van der Waals surface area (Å²) >= 11 is 0. The summed E-state index contributed by atoms with van der Waals surface area (Å²) in [6.45, 7) is 15.4. The van der Waals surface area contributed by atoms with Crippen LogP contribution in [0, 0.1) is 50.2 Å². The summed E-state index contributed by atoms with van der Waals surface area (Å²) in [5.41, 5.74) is -1.02. The number of aliphatic hydroxyl groups is 8. The first kappa shape index (κ1) is 46.7. The van der Waals surface area contributed by atoms with Crippen LogP contribution < -0.4 is 0 Å². The summed E-state index contributed by atoms with van der Waals surface area (Å²) in [5.74, 6) is -0.801. The number of allylic oxidation sites excluding steroid dienone is 1. The Hall–Kier alpha value is -1.31. The van der Waals surface area contributed by atoms with Crippen LogP contribution in [0.25, 0.3) is 0 Å². The van der Waals surface area contributed by atoms with Crippen molar-refractivity contribution in [1.82, 2.24) is 0 Å². The average Bonchev–Trinajstić information content (AvgIpc) is 3.18. The average molecular weight is 855 g/mol. The van der Waals surface area contributed by atoms with E-state index in [0.29, 0.717) is 19.3 Å². The van der Waals surface area contributed by atoms with Crippen LogP contribution in [0.15, 0.2) is 11.6 Å². The van der Waals surface area contributed by atoms with Gasteiger partial charge < -0.3 is 69.3 Å². The van der Waals surface area contributed by atoms with Crippen LogP contribution in [0.4, 0.5) is 0 Å². The first-order chi connectivity index (χ1) is 28.0. The Bertz CT molecular complexity index is 1610. The third-order valence-electron chi connectivity index (χ3n) is 18.0. The molecule has 0 aromatic carbocycles. The SMILES string of the molecule is CO[C@@H]1C=C2[C@@H]3CC(C)(C)CC[C@]3(CO)[C@H](O)C[C@@]2(C)[C@]2(C)CC[C@H]3[C@](C)(CO)[C@@H](O[C@@H]4O[C@H](C)[C@H](O)[C@H](O[C@@H]5O[C@H](CO)[C@@H](O)[C@H](OC(C)=O)[C@H]5O)[C@H]4O)CC[C@]3(C)[C@@H]12. The lowest BCUT2D eigenvalue weighted by Gasteiger charge is -2.73. The molecule has 0 aromatic rings. The zero-order valence-corrected chi connectivity index (χ0v) is 37.0. The standard InChI is InChI=1S/C45H74O15/c1-22-31(51)35(60-39-34(54)36(57-23(2)49)32(52)27(19-46)58-39)33(53)38(56-22)59-30-11-12-41(5)28(42(30,6)20-47)10-13-43(7)37(41)26(55-9)16-24-25-17-40(3,4)14-15-45(25,21-48)29(50)18-44(24,43)8/h16,22,25-39,46-48,50-54H,10-15,17-21H2,1-9H3/t22-,25+,26-,27-,28-,29-,30+,31+,32-,33-,34-,35+,36+,37-,38+,39+,41+,42+,43-,44-,45-/m1/s1. The van der Waals surface area contributed by atoms with Gasteiger partial charge in [-0.2, -0.15) is 0 Å². The third-order valence-corrected chi connectivity index (χ3v) is 18.0. The van der Waals surface area contributed by atoms with Gasteiger partial charge in [0.05, 0.1) is 44.2 Å². The van der Waals surface area contributed by atoms with Crippen molar-refractivity contribution in [2.45, 2.75) is 186 Å². The highest BCUT2D eigenvalue weighted by molar-refractivity contribution is 5.66. The van der Waals surface area contributed by atoms with E-state index in [4.69, 9.17) is 28.4 Å². The molecular formula is C45H74O15. The number of aliphatic hydroxyl groups excluding tert-OH is 8. The molecule has 15 nitrogen and oxygen atoms in total. The quantitative estimate of drug-likeness (QED) is 0.0941. The van der Waals surface area contributed by atoms with Gasteiger partial charge in [0, 0.05) is 30.8 Å². The molecule has 0 bridgehead atoms. The smallest absolute Gasteiger partial charge is 0.303 e. The molecule has 0 radical (unpaired) electrons. The number of carbonyl (C=O) groups is 1. The highest BCUT2D eigenvalue weighted by Gasteiger charge is 2.72. The maximum absolute atomic E-state index is 12.1. The molecule has 0 amide bonds. The van der Waals surface area contributed by atoms with Crippen molar-refractivity contribution in [3.05, 3.63) is 11.6 Å². The maximum atomic E-state index is 12.1. The van der Waals surface area contributed by atoms with E-state index in [2.05, 4.69) is 40.7 Å². The Kier molecular flexibility index (Phi) is 12.7. The largest absolute Gasteiger partial charge is 0.457 e. The molecule has 7 aliphatic rings. The van der Waals surface area contributed by atoms with Gasteiger partial charge in [0.2, 0.25) is 0 Å². The summed E-state index contributed by atoms with van der Waals surface area (Å²) in [7, 11) is 1.77. The Morgan fingerprint density at radius 3 is 2.08 bits per heavy atom. The molecule has 344 valence electrons. The van der Waals surface area contributed by atoms with Crippen molar-refractivity contribution >= 4 is 5.97 Å². The van der Waals surface area contributed by atoms with Crippen molar-refractivity contribution in [3.8, 4) is 0 Å². The normalized spacial score (nSPS) is 53.8. The molecule has 2 aliphatic heterocycles. The number of methoxy groups -OCH3 is 1. The van der Waals surface area contributed by atoms with Crippen molar-refractivity contribution in [1.29, 1.82) is 0 Å². The van der Waals surface area contributed by atoms with Crippen LogP contribution in [0.5, 0.6) is 0 Å². The van der Waals surface area contributed by atoms with E-state index in [-0.39, 0.29) is 58.7 Å². The first-order valence-electron chi connectivity index (χ1n) is 22.3. The van der Waals surface area contributed by atoms with Crippen molar-refractivity contribution < 1.29 is 74.1 Å². The zero-order chi connectivity index (χ0) is 44.1. The van der Waals surface area contributed by atoms with Gasteiger partial charge >= 0.3 is 5.97 Å². The van der Waals surface area contributed by atoms with Gasteiger partial charge in [-0.15, -0.1) is 0 Å². The molecule has 7 rings (SSSR count). The van der Waals surface area contributed by atoms with Gasteiger partial charge in [-0.3, -0.25) is 4.79 Å². The van der Waals surface area contributed by atoms with E-state index < -0.39 is 97.0 Å². The Morgan fingerprint density at radius 1 is 0.800 bits per heavy atom. The molecule has 0 aromatic heterocycles. The van der Waals surface area contributed by atoms with Gasteiger partial charge in [-0.05, 0) is 91.8 Å². The highest BCUT2D eigenvalue weighted by atomic mass is 16.7. The molecule has 0 spiro atoms. The molecule has 8 N–H and O–H groups in total. The van der Waals surface area contributed by atoms with Crippen molar-refractivity contribution in [2.24, 2.45) is 50.2 Å². The molecular weight excluding hydrogens is 780 g/mol. The van der Waals surface area contributed by atoms with Crippen LogP contribution in [0.3, 0.4) is 0 Å². The molecule has 21 atom stereocenters. The molecule has 0 unspecified atom stereocenters. The van der Waals surface area contributed by atoms with E-state index >= 15 is 0 Å². The molecule has 6 fully saturated rings. The second-order valence-electron chi connectivity index (χ2n) is 21.6. The predicted molar refractivity (Wildman–Crippen MR) is 215 cm³/mol. The van der Waals surface area contributed by atoms with Gasteiger partial charge in [-0.25, -0.2) is 0 Å². The fourth-order valence-electron chi connectivity index (χ4n) is 14.3. The number of fused-ring (bicyclic) bond motifs is 7. The Labute approximate surface area is 354 Å². The fourth-order valence-corrected chi connectivity index (χ4v) is 14.3. The summed E-state index contributed by atoms with van der Waals surface area (Å²) in [4.78, 5) is 11.8. The first-order valence-corrected chi connectivity index (χ1v) is 22.3. The maximum Gasteiger partial charge on any atom is 0.303 e. The summed E-state index contributed by atoms with van der Waals surface area (Å²) in [6.07, 6.45) is -7.64. The van der Waals surface area contributed by atoms with Crippen LogP contribution in [-0.2, 0) is 33.2 Å². The lowest BCUT2D eigenvalue weighted by molar-refractivity contribution is -0.368. The van der Waals surface area contributed by atoms with Gasteiger partial charge in [0.1, 0.15) is 36.6 Å². The van der Waals surface area contributed by atoms with Crippen molar-refractivity contribution in [3.63, 3.8) is 0 Å². The number of carbonyl (C=O) groups excluding carboxylic acids is 1. The molecule has 4 saturated carbocycles. The van der Waals surface area contributed by atoms with Gasteiger partial charge in [-0.1, -0.05) is 53.2 Å². The lowest BCUT2D eigenvalue weighted by atomic mass is 9.32. The van der Waals surface area contributed by atoms with E-state index in [9.17, 15) is 45.6 Å². The summed E-state index contributed by atoms with van der Waals surface area (Å²) in [5, 5.41) is 89.1. The molecule has 15 heteroatoms. The Balaban J connectivity index is 1.16. The molecule has 2 heterocycles. The molecule has 2 saturated heterocycles. The topological polar surface area (TPSA) is 234 Å². The monoisotopic (exact) mass is 855 g/mol. The summed E-state index contributed by atoms with van der Waals surface area (Å²) in [6, 6.07) is 0. The lowest BCUT2D eigenvalue weighted by Crippen LogP contribution is -2.70. The minimum atomic E-state index is -1.73. The number of hydrogen-bond acceptors (Lipinski definition) is 15. The van der Waals surface area contributed by atoms with E-state index in [1.165, 1.54) is 5.57 Å². The van der Waals surface area contributed by atoms with Crippen LogP contribution in [-0.4, -0.2) is 153 Å². The van der Waals surface area contributed by atoms with Crippen LogP contribution in [0.1, 0.15) is 107 Å². The summed E-state index contributed by atoms with van der Waals surface area (Å²) < 4.78 is 36.1. The third kappa shape index (κ3) is 6.98. The molecule has 5 aliphatic carbocycles. The highest BCUT2D eigenvalue weighted by Crippen LogP contribution is 2.76.